The monoisotopic (exact) mass is 296 g/mol. The summed E-state index contributed by atoms with van der Waals surface area (Å²) in [5.41, 5.74) is -0.510. The standard InChI is InChI=1S/C13H16N2O4S/c16-12-10(5-3-6-11(12)15(18)19)13(17)14-8-9-4-1-2-7-20-9/h3,5-6,9,16H,1-2,4,7-8H2,(H,14,17). The molecular formula is C13H16N2O4S. The largest absolute Gasteiger partial charge is 0.502 e. The molecule has 1 fully saturated rings. The van der Waals surface area contributed by atoms with E-state index in [0.717, 1.165) is 18.6 Å². The number of amides is 1. The Hall–Kier alpha value is -1.76. The van der Waals surface area contributed by atoms with Crippen molar-refractivity contribution in [3.63, 3.8) is 0 Å². The maximum atomic E-state index is 12.0. The molecule has 1 amide bonds. The first-order valence-electron chi connectivity index (χ1n) is 6.45. The number of benzene rings is 1. The SMILES string of the molecule is O=C(NCC1CCCCS1)c1cccc([N+](=O)[O-])c1O. The Morgan fingerprint density at radius 2 is 2.30 bits per heavy atom. The molecule has 0 bridgehead atoms. The summed E-state index contributed by atoms with van der Waals surface area (Å²) < 4.78 is 0. The average Bonchev–Trinajstić information content (AvgIpc) is 2.46. The van der Waals surface area contributed by atoms with Gasteiger partial charge in [-0.05, 0) is 24.7 Å². The zero-order valence-corrected chi connectivity index (χ0v) is 11.7. The lowest BCUT2D eigenvalue weighted by molar-refractivity contribution is -0.385. The van der Waals surface area contributed by atoms with Gasteiger partial charge >= 0.3 is 5.69 Å². The van der Waals surface area contributed by atoms with Gasteiger partial charge in [-0.15, -0.1) is 0 Å². The second-order valence-corrected chi connectivity index (χ2v) is 6.04. The number of rotatable bonds is 4. The molecular weight excluding hydrogens is 280 g/mol. The van der Waals surface area contributed by atoms with Crippen LogP contribution in [-0.4, -0.2) is 33.5 Å². The molecule has 1 atom stereocenters. The highest BCUT2D eigenvalue weighted by Crippen LogP contribution is 2.29. The number of aromatic hydroxyl groups is 1. The van der Waals surface area contributed by atoms with E-state index in [1.54, 1.807) is 0 Å². The lowest BCUT2D eigenvalue weighted by Gasteiger charge is -2.21. The summed E-state index contributed by atoms with van der Waals surface area (Å²) in [6.07, 6.45) is 3.43. The van der Waals surface area contributed by atoms with E-state index in [1.165, 1.54) is 24.6 Å². The van der Waals surface area contributed by atoms with Gasteiger partial charge in [0, 0.05) is 17.9 Å². The summed E-state index contributed by atoms with van der Waals surface area (Å²) in [6, 6.07) is 3.94. The molecule has 6 nitrogen and oxygen atoms in total. The maximum absolute atomic E-state index is 12.0. The third kappa shape index (κ3) is 3.41. The summed E-state index contributed by atoms with van der Waals surface area (Å²) in [4.78, 5) is 22.0. The number of nitrogens with zero attached hydrogens (tertiary/aromatic N) is 1. The highest BCUT2D eigenvalue weighted by atomic mass is 32.2. The molecule has 1 saturated heterocycles. The van der Waals surface area contributed by atoms with Crippen molar-refractivity contribution >= 4 is 23.4 Å². The molecule has 2 N–H and O–H groups in total. The lowest BCUT2D eigenvalue weighted by Crippen LogP contribution is -2.32. The second kappa shape index (κ2) is 6.60. The van der Waals surface area contributed by atoms with Gasteiger partial charge in [0.25, 0.3) is 5.91 Å². The molecule has 1 aromatic rings. The van der Waals surface area contributed by atoms with Crippen molar-refractivity contribution in [1.82, 2.24) is 5.32 Å². The number of hydrogen-bond donors (Lipinski definition) is 2. The zero-order valence-electron chi connectivity index (χ0n) is 10.9. The number of carbonyl (C=O) groups excluding carboxylic acids is 1. The normalized spacial score (nSPS) is 18.5. The van der Waals surface area contributed by atoms with Crippen LogP contribution in [0, 0.1) is 10.1 Å². The van der Waals surface area contributed by atoms with Crippen LogP contribution in [0.2, 0.25) is 0 Å². The highest BCUT2D eigenvalue weighted by Gasteiger charge is 2.22. The van der Waals surface area contributed by atoms with Gasteiger partial charge in [0.1, 0.15) is 0 Å². The first kappa shape index (κ1) is 14.6. The van der Waals surface area contributed by atoms with Crippen LogP contribution in [0.1, 0.15) is 29.6 Å². The fourth-order valence-corrected chi connectivity index (χ4v) is 3.37. The topological polar surface area (TPSA) is 92.5 Å². The van der Waals surface area contributed by atoms with Crippen LogP contribution in [0.25, 0.3) is 0 Å². The van der Waals surface area contributed by atoms with Gasteiger partial charge in [0.2, 0.25) is 5.75 Å². The fraction of sp³-hybridized carbons (Fsp3) is 0.462. The third-order valence-corrected chi connectivity index (χ3v) is 4.62. The van der Waals surface area contributed by atoms with Gasteiger partial charge in [-0.25, -0.2) is 0 Å². The minimum atomic E-state index is -0.705. The van der Waals surface area contributed by atoms with E-state index >= 15 is 0 Å². The zero-order chi connectivity index (χ0) is 14.5. The van der Waals surface area contributed by atoms with Crippen LogP contribution in [-0.2, 0) is 0 Å². The summed E-state index contributed by atoms with van der Waals surface area (Å²) in [6.45, 7) is 0.519. The van der Waals surface area contributed by atoms with Gasteiger partial charge in [0.15, 0.2) is 0 Å². The van der Waals surface area contributed by atoms with E-state index in [0.29, 0.717) is 11.8 Å². The summed E-state index contributed by atoms with van der Waals surface area (Å²) in [5, 5.41) is 23.6. The minimum absolute atomic E-state index is 0.0555. The number of phenolic OH excluding ortho intramolecular Hbond substituents is 1. The summed E-state index contributed by atoms with van der Waals surface area (Å²) in [5.74, 6) is 0.0476. The number of nitro benzene ring substituents is 1. The maximum Gasteiger partial charge on any atom is 0.311 e. The van der Waals surface area contributed by atoms with Crippen molar-refractivity contribution in [3.05, 3.63) is 33.9 Å². The molecule has 0 aromatic heterocycles. The molecule has 0 aliphatic carbocycles. The number of para-hydroxylation sites is 1. The molecule has 1 aromatic carbocycles. The Labute approximate surface area is 120 Å². The molecule has 1 unspecified atom stereocenters. The molecule has 7 heteroatoms. The number of carbonyl (C=O) groups is 1. The number of thioether (sulfide) groups is 1. The van der Waals surface area contributed by atoms with Crippen molar-refractivity contribution in [2.75, 3.05) is 12.3 Å². The van der Waals surface area contributed by atoms with Gasteiger partial charge in [-0.2, -0.15) is 11.8 Å². The van der Waals surface area contributed by atoms with Gasteiger partial charge in [0.05, 0.1) is 10.5 Å². The van der Waals surface area contributed by atoms with E-state index < -0.39 is 22.3 Å². The van der Waals surface area contributed by atoms with E-state index in [1.807, 2.05) is 11.8 Å². The smallest absolute Gasteiger partial charge is 0.311 e. The van der Waals surface area contributed by atoms with E-state index in [-0.39, 0.29) is 5.56 Å². The van der Waals surface area contributed by atoms with Crippen molar-refractivity contribution in [2.24, 2.45) is 0 Å². The first-order valence-corrected chi connectivity index (χ1v) is 7.50. The Morgan fingerprint density at radius 1 is 1.50 bits per heavy atom. The molecule has 0 radical (unpaired) electrons. The number of nitro groups is 1. The Balaban J connectivity index is 2.01. The molecule has 0 spiro atoms. The van der Waals surface area contributed by atoms with E-state index in [2.05, 4.69) is 5.32 Å². The van der Waals surface area contributed by atoms with Crippen LogP contribution in [0.3, 0.4) is 0 Å². The molecule has 1 aliphatic rings. The summed E-state index contributed by atoms with van der Waals surface area (Å²) >= 11 is 1.83. The molecule has 108 valence electrons. The van der Waals surface area contributed by atoms with Crippen LogP contribution in [0.5, 0.6) is 5.75 Å². The lowest BCUT2D eigenvalue weighted by atomic mass is 10.1. The number of phenols is 1. The van der Waals surface area contributed by atoms with Crippen molar-refractivity contribution in [3.8, 4) is 5.75 Å². The van der Waals surface area contributed by atoms with Crippen LogP contribution < -0.4 is 5.32 Å². The van der Waals surface area contributed by atoms with Crippen molar-refractivity contribution in [1.29, 1.82) is 0 Å². The first-order chi connectivity index (χ1) is 9.59. The van der Waals surface area contributed by atoms with Gasteiger partial charge in [-0.3, -0.25) is 14.9 Å². The second-order valence-electron chi connectivity index (χ2n) is 4.63. The highest BCUT2D eigenvalue weighted by molar-refractivity contribution is 7.99. The van der Waals surface area contributed by atoms with Crippen LogP contribution >= 0.6 is 11.8 Å². The van der Waals surface area contributed by atoms with E-state index in [4.69, 9.17) is 0 Å². The Kier molecular flexibility index (Phi) is 4.84. The van der Waals surface area contributed by atoms with Crippen molar-refractivity contribution < 1.29 is 14.8 Å². The number of hydrogen-bond acceptors (Lipinski definition) is 5. The quantitative estimate of drug-likeness (QED) is 0.657. The van der Waals surface area contributed by atoms with E-state index in [9.17, 15) is 20.0 Å². The van der Waals surface area contributed by atoms with Gasteiger partial charge < -0.3 is 10.4 Å². The predicted octanol–water partition coefficient (Wildman–Crippen LogP) is 2.32. The predicted molar refractivity (Wildman–Crippen MR) is 77.2 cm³/mol. The van der Waals surface area contributed by atoms with Crippen molar-refractivity contribution in [2.45, 2.75) is 24.5 Å². The average molecular weight is 296 g/mol. The Bertz CT molecular complexity index is 515. The Morgan fingerprint density at radius 3 is 2.95 bits per heavy atom. The molecule has 1 aliphatic heterocycles. The number of nitrogens with one attached hydrogen (secondary N) is 1. The third-order valence-electron chi connectivity index (χ3n) is 3.22. The van der Waals surface area contributed by atoms with Crippen LogP contribution in [0.4, 0.5) is 5.69 Å². The minimum Gasteiger partial charge on any atom is -0.502 e. The molecule has 1 heterocycles. The van der Waals surface area contributed by atoms with Gasteiger partial charge in [-0.1, -0.05) is 12.5 Å². The van der Waals surface area contributed by atoms with Crippen LogP contribution in [0.15, 0.2) is 18.2 Å². The molecule has 20 heavy (non-hydrogen) atoms. The molecule has 0 saturated carbocycles. The fourth-order valence-electron chi connectivity index (χ4n) is 2.13. The summed E-state index contributed by atoms with van der Waals surface area (Å²) in [7, 11) is 0. The molecule has 2 rings (SSSR count).